The van der Waals surface area contributed by atoms with Crippen LogP contribution in [-0.2, 0) is 19.6 Å². The maximum Gasteiger partial charge on any atom is 0.243 e. The molecule has 0 spiro atoms. The van der Waals surface area contributed by atoms with Crippen molar-refractivity contribution in [3.8, 4) is 0 Å². The molecular formula is C13H17BrN2O4S. The molecule has 116 valence electrons. The molecule has 0 aliphatic carbocycles. The van der Waals surface area contributed by atoms with Crippen molar-refractivity contribution in [2.75, 3.05) is 37.0 Å². The number of hydrogen-bond donors (Lipinski definition) is 1. The second-order valence-electron chi connectivity index (χ2n) is 4.53. The van der Waals surface area contributed by atoms with Crippen LogP contribution < -0.4 is 5.32 Å². The number of sulfonamides is 1. The van der Waals surface area contributed by atoms with Crippen molar-refractivity contribution in [3.63, 3.8) is 0 Å². The molecule has 1 aromatic rings. The Morgan fingerprint density at radius 2 is 1.86 bits per heavy atom. The number of halogens is 1. The number of ether oxygens (including phenoxy) is 1. The molecule has 1 aliphatic rings. The molecule has 0 aromatic heterocycles. The Labute approximate surface area is 132 Å². The molecule has 8 heteroatoms. The summed E-state index contributed by atoms with van der Waals surface area (Å²) in [5, 5.41) is 3.29. The molecule has 1 fully saturated rings. The smallest absolute Gasteiger partial charge is 0.243 e. The van der Waals surface area contributed by atoms with E-state index in [9.17, 15) is 13.2 Å². The number of benzene rings is 1. The van der Waals surface area contributed by atoms with Crippen LogP contribution in [0.5, 0.6) is 0 Å². The van der Waals surface area contributed by atoms with Crippen LogP contribution in [0.15, 0.2) is 29.2 Å². The van der Waals surface area contributed by atoms with Gasteiger partial charge in [0.15, 0.2) is 0 Å². The molecular weight excluding hydrogens is 360 g/mol. The number of hydrogen-bond acceptors (Lipinski definition) is 4. The summed E-state index contributed by atoms with van der Waals surface area (Å²) in [5.74, 6) is -0.115. The zero-order valence-corrected chi connectivity index (χ0v) is 13.8. The van der Waals surface area contributed by atoms with E-state index in [1.54, 1.807) is 12.1 Å². The van der Waals surface area contributed by atoms with E-state index < -0.39 is 10.0 Å². The quantitative estimate of drug-likeness (QED) is 0.788. The highest BCUT2D eigenvalue weighted by molar-refractivity contribution is 9.09. The maximum absolute atomic E-state index is 12.4. The summed E-state index contributed by atoms with van der Waals surface area (Å²) in [6.07, 6.45) is 0.369. The van der Waals surface area contributed by atoms with Gasteiger partial charge in [0.2, 0.25) is 15.9 Å². The number of nitrogens with zero attached hydrogens (tertiary/aromatic N) is 1. The van der Waals surface area contributed by atoms with Gasteiger partial charge in [0.05, 0.1) is 18.1 Å². The minimum absolute atomic E-state index is 0.115. The van der Waals surface area contributed by atoms with Crippen LogP contribution in [0.4, 0.5) is 5.69 Å². The third-order valence-corrected chi connectivity index (χ3v) is 5.38. The topological polar surface area (TPSA) is 75.7 Å². The zero-order valence-electron chi connectivity index (χ0n) is 11.4. The van der Waals surface area contributed by atoms with E-state index in [2.05, 4.69) is 21.2 Å². The predicted octanol–water partition coefficient (Wildman–Crippen LogP) is 1.43. The highest BCUT2D eigenvalue weighted by atomic mass is 79.9. The summed E-state index contributed by atoms with van der Waals surface area (Å²) in [7, 11) is -3.48. The van der Waals surface area contributed by atoms with Crippen molar-refractivity contribution in [3.05, 3.63) is 24.3 Å². The molecule has 0 saturated carbocycles. The summed E-state index contributed by atoms with van der Waals surface area (Å²) < 4.78 is 31.4. The second kappa shape index (κ2) is 7.35. The van der Waals surface area contributed by atoms with Crippen LogP contribution in [0, 0.1) is 0 Å². The van der Waals surface area contributed by atoms with Crippen molar-refractivity contribution in [2.45, 2.75) is 11.3 Å². The van der Waals surface area contributed by atoms with Gasteiger partial charge in [-0.05, 0) is 24.3 Å². The molecule has 1 amide bonds. The molecule has 1 saturated heterocycles. The van der Waals surface area contributed by atoms with E-state index in [4.69, 9.17) is 4.74 Å². The number of amides is 1. The Kier molecular flexibility index (Phi) is 5.74. The lowest BCUT2D eigenvalue weighted by Crippen LogP contribution is -2.40. The van der Waals surface area contributed by atoms with Gasteiger partial charge in [-0.2, -0.15) is 4.31 Å². The lowest BCUT2D eigenvalue weighted by molar-refractivity contribution is -0.115. The Morgan fingerprint density at radius 3 is 2.43 bits per heavy atom. The Balaban J connectivity index is 2.09. The van der Waals surface area contributed by atoms with E-state index in [1.165, 1.54) is 16.4 Å². The molecule has 0 unspecified atom stereocenters. The fourth-order valence-corrected chi connectivity index (χ4v) is 3.72. The minimum atomic E-state index is -3.48. The van der Waals surface area contributed by atoms with Crippen molar-refractivity contribution < 1.29 is 17.9 Å². The largest absolute Gasteiger partial charge is 0.379 e. The number of anilines is 1. The van der Waals surface area contributed by atoms with Crippen LogP contribution in [0.25, 0.3) is 0 Å². The van der Waals surface area contributed by atoms with Crippen molar-refractivity contribution in [1.29, 1.82) is 0 Å². The third kappa shape index (κ3) is 4.26. The highest BCUT2D eigenvalue weighted by Gasteiger charge is 2.26. The molecule has 0 atom stereocenters. The normalized spacial score (nSPS) is 16.6. The van der Waals surface area contributed by atoms with Crippen LogP contribution in [0.3, 0.4) is 0 Å². The zero-order chi connectivity index (χ0) is 15.3. The molecule has 0 bridgehead atoms. The summed E-state index contributed by atoms with van der Waals surface area (Å²) in [6, 6.07) is 6.21. The average Bonchev–Trinajstić information content (AvgIpc) is 2.49. The van der Waals surface area contributed by atoms with Gasteiger partial charge in [-0.3, -0.25) is 4.79 Å². The summed E-state index contributed by atoms with van der Waals surface area (Å²) in [5.41, 5.74) is 0.585. The summed E-state index contributed by atoms with van der Waals surface area (Å²) in [6.45, 7) is 1.57. The van der Waals surface area contributed by atoms with Gasteiger partial charge in [0.1, 0.15) is 0 Å². The molecule has 1 N–H and O–H groups in total. The van der Waals surface area contributed by atoms with Gasteiger partial charge in [0, 0.05) is 30.5 Å². The van der Waals surface area contributed by atoms with Gasteiger partial charge >= 0.3 is 0 Å². The van der Waals surface area contributed by atoms with Gasteiger partial charge < -0.3 is 10.1 Å². The Morgan fingerprint density at radius 1 is 1.24 bits per heavy atom. The first-order valence-corrected chi connectivity index (χ1v) is 9.14. The Hall–Kier alpha value is -0.960. The number of nitrogens with one attached hydrogen (secondary N) is 1. The van der Waals surface area contributed by atoms with Crippen LogP contribution in [0.2, 0.25) is 0 Å². The predicted molar refractivity (Wildman–Crippen MR) is 83.1 cm³/mol. The summed E-state index contributed by atoms with van der Waals surface area (Å²) in [4.78, 5) is 11.7. The molecule has 1 aliphatic heterocycles. The fraction of sp³-hybridized carbons (Fsp3) is 0.462. The molecule has 0 radical (unpaired) electrons. The molecule has 1 aromatic carbocycles. The molecule has 21 heavy (non-hydrogen) atoms. The molecule has 6 nitrogen and oxygen atoms in total. The van der Waals surface area contributed by atoms with E-state index in [1.807, 2.05) is 0 Å². The van der Waals surface area contributed by atoms with Gasteiger partial charge in [-0.15, -0.1) is 0 Å². The fourth-order valence-electron chi connectivity index (χ4n) is 1.96. The standard InChI is InChI=1S/C13H17BrN2O4S/c14-6-5-13(17)15-11-1-3-12(4-2-11)21(18,19)16-7-9-20-10-8-16/h1-4H,5-10H2,(H,15,17). The SMILES string of the molecule is O=C(CCBr)Nc1ccc(S(=O)(=O)N2CCOCC2)cc1. The molecule has 2 rings (SSSR count). The first-order chi connectivity index (χ1) is 10.0. The lowest BCUT2D eigenvalue weighted by Gasteiger charge is -2.26. The van der Waals surface area contributed by atoms with Crippen LogP contribution >= 0.6 is 15.9 Å². The van der Waals surface area contributed by atoms with Gasteiger partial charge in [-0.1, -0.05) is 15.9 Å². The number of alkyl halides is 1. The molecule has 1 heterocycles. The van der Waals surface area contributed by atoms with Crippen molar-refractivity contribution in [1.82, 2.24) is 4.31 Å². The third-order valence-electron chi connectivity index (χ3n) is 3.07. The number of morpholine rings is 1. The van der Waals surface area contributed by atoms with Crippen LogP contribution in [0.1, 0.15) is 6.42 Å². The number of carbonyl (C=O) groups is 1. The van der Waals surface area contributed by atoms with E-state index in [-0.39, 0.29) is 10.8 Å². The van der Waals surface area contributed by atoms with Crippen molar-refractivity contribution in [2.24, 2.45) is 0 Å². The second-order valence-corrected chi connectivity index (χ2v) is 7.26. The average molecular weight is 377 g/mol. The Bertz CT molecular complexity index is 583. The summed E-state index contributed by atoms with van der Waals surface area (Å²) >= 11 is 3.19. The highest BCUT2D eigenvalue weighted by Crippen LogP contribution is 2.19. The van der Waals surface area contributed by atoms with E-state index >= 15 is 0 Å². The first kappa shape index (κ1) is 16.4. The first-order valence-electron chi connectivity index (χ1n) is 6.58. The minimum Gasteiger partial charge on any atom is -0.379 e. The lowest BCUT2D eigenvalue weighted by atomic mass is 10.3. The van der Waals surface area contributed by atoms with E-state index in [0.717, 1.165) is 0 Å². The number of rotatable bonds is 5. The monoisotopic (exact) mass is 376 g/mol. The van der Waals surface area contributed by atoms with Crippen LogP contribution in [-0.4, -0.2) is 50.3 Å². The van der Waals surface area contributed by atoms with Gasteiger partial charge in [-0.25, -0.2) is 8.42 Å². The van der Waals surface area contributed by atoms with Crippen molar-refractivity contribution >= 4 is 37.5 Å². The van der Waals surface area contributed by atoms with Gasteiger partial charge in [0.25, 0.3) is 0 Å². The van der Waals surface area contributed by atoms with E-state index in [0.29, 0.717) is 43.7 Å². The number of carbonyl (C=O) groups excluding carboxylic acids is 1. The maximum atomic E-state index is 12.4.